The summed E-state index contributed by atoms with van der Waals surface area (Å²) >= 11 is 1.43. The van der Waals surface area contributed by atoms with E-state index in [-0.39, 0.29) is 5.78 Å². The van der Waals surface area contributed by atoms with E-state index in [9.17, 15) is 4.79 Å². The molecule has 0 bridgehead atoms. The van der Waals surface area contributed by atoms with Crippen molar-refractivity contribution in [2.45, 2.75) is 20.8 Å². The van der Waals surface area contributed by atoms with Crippen LogP contribution in [0.5, 0.6) is 0 Å². The molecule has 2 heterocycles. The van der Waals surface area contributed by atoms with E-state index in [1.165, 1.54) is 11.3 Å². The van der Waals surface area contributed by atoms with Crippen LogP contribution >= 0.6 is 11.3 Å². The molecule has 2 aromatic rings. The minimum Gasteiger partial charge on any atom is -0.294 e. The van der Waals surface area contributed by atoms with E-state index in [1.807, 2.05) is 27.1 Å². The van der Waals surface area contributed by atoms with E-state index in [1.54, 1.807) is 11.6 Å². The zero-order valence-corrected chi connectivity index (χ0v) is 10.6. The third-order valence-corrected chi connectivity index (χ3v) is 3.65. The SMILES string of the molecule is CC(=O)c1sc(-c2cn(C)nc2C)nc1C. The summed E-state index contributed by atoms with van der Waals surface area (Å²) in [7, 11) is 1.88. The van der Waals surface area contributed by atoms with E-state index >= 15 is 0 Å². The van der Waals surface area contributed by atoms with Crippen LogP contribution < -0.4 is 0 Å². The van der Waals surface area contributed by atoms with Crippen molar-refractivity contribution < 1.29 is 4.79 Å². The van der Waals surface area contributed by atoms with Crippen molar-refractivity contribution in [3.8, 4) is 10.6 Å². The fraction of sp³-hybridized carbons (Fsp3) is 0.364. The summed E-state index contributed by atoms with van der Waals surface area (Å²) in [5.41, 5.74) is 2.74. The average molecular weight is 235 g/mol. The predicted molar refractivity (Wildman–Crippen MR) is 63.8 cm³/mol. The number of carbonyl (C=O) groups excluding carboxylic acids is 1. The minimum absolute atomic E-state index is 0.0720. The summed E-state index contributed by atoms with van der Waals surface area (Å²) in [5, 5.41) is 5.14. The van der Waals surface area contributed by atoms with Gasteiger partial charge in [0.25, 0.3) is 0 Å². The predicted octanol–water partition coefficient (Wildman–Crippen LogP) is 2.36. The second-order valence-electron chi connectivity index (χ2n) is 3.79. The summed E-state index contributed by atoms with van der Waals surface area (Å²) in [6.07, 6.45) is 1.93. The lowest BCUT2D eigenvalue weighted by atomic mass is 10.3. The smallest absolute Gasteiger partial charge is 0.171 e. The second-order valence-corrected chi connectivity index (χ2v) is 4.79. The molecule has 0 aliphatic carbocycles. The molecule has 0 saturated carbocycles. The lowest BCUT2D eigenvalue weighted by molar-refractivity contribution is 0.102. The first-order valence-electron chi connectivity index (χ1n) is 4.98. The number of aryl methyl sites for hydroxylation is 3. The highest BCUT2D eigenvalue weighted by molar-refractivity contribution is 7.17. The molecule has 0 aromatic carbocycles. The van der Waals surface area contributed by atoms with Crippen molar-refractivity contribution in [1.82, 2.24) is 14.8 Å². The molecule has 0 atom stereocenters. The Bertz CT molecular complexity index is 554. The average Bonchev–Trinajstić information content (AvgIpc) is 2.69. The maximum atomic E-state index is 11.4. The summed E-state index contributed by atoms with van der Waals surface area (Å²) in [6, 6.07) is 0. The topological polar surface area (TPSA) is 47.8 Å². The van der Waals surface area contributed by atoms with Gasteiger partial charge in [0, 0.05) is 20.2 Å². The van der Waals surface area contributed by atoms with Gasteiger partial charge >= 0.3 is 0 Å². The van der Waals surface area contributed by atoms with Crippen molar-refractivity contribution in [3.63, 3.8) is 0 Å². The van der Waals surface area contributed by atoms with Gasteiger partial charge in [-0.25, -0.2) is 4.98 Å². The zero-order valence-electron chi connectivity index (χ0n) is 9.74. The van der Waals surface area contributed by atoms with Gasteiger partial charge in [-0.2, -0.15) is 5.10 Å². The van der Waals surface area contributed by atoms with Crippen LogP contribution in [0.1, 0.15) is 28.0 Å². The monoisotopic (exact) mass is 235 g/mol. The van der Waals surface area contributed by atoms with Gasteiger partial charge in [-0.1, -0.05) is 0 Å². The second kappa shape index (κ2) is 3.83. The number of nitrogens with zero attached hydrogens (tertiary/aromatic N) is 3. The van der Waals surface area contributed by atoms with Crippen LogP contribution in [0, 0.1) is 13.8 Å². The molecule has 2 rings (SSSR count). The minimum atomic E-state index is 0.0720. The maximum Gasteiger partial charge on any atom is 0.171 e. The van der Waals surface area contributed by atoms with Crippen molar-refractivity contribution in [1.29, 1.82) is 0 Å². The van der Waals surface area contributed by atoms with Crippen LogP contribution in [0.15, 0.2) is 6.20 Å². The number of hydrogen-bond acceptors (Lipinski definition) is 4. The molecular weight excluding hydrogens is 222 g/mol. The number of thiazole rings is 1. The van der Waals surface area contributed by atoms with E-state index in [4.69, 9.17) is 0 Å². The Labute approximate surface area is 97.9 Å². The third kappa shape index (κ3) is 1.78. The Kier molecular flexibility index (Phi) is 2.63. The van der Waals surface area contributed by atoms with Crippen LogP contribution in [-0.4, -0.2) is 20.5 Å². The van der Waals surface area contributed by atoms with Gasteiger partial charge in [-0.15, -0.1) is 11.3 Å². The fourth-order valence-corrected chi connectivity index (χ4v) is 2.67. The largest absolute Gasteiger partial charge is 0.294 e. The van der Waals surface area contributed by atoms with E-state index in [0.717, 1.165) is 26.8 Å². The summed E-state index contributed by atoms with van der Waals surface area (Å²) < 4.78 is 1.76. The van der Waals surface area contributed by atoms with Crippen molar-refractivity contribution in [2.24, 2.45) is 7.05 Å². The van der Waals surface area contributed by atoms with E-state index in [2.05, 4.69) is 10.1 Å². The highest BCUT2D eigenvalue weighted by Crippen LogP contribution is 2.29. The normalized spacial score (nSPS) is 10.8. The molecule has 0 aliphatic heterocycles. The van der Waals surface area contributed by atoms with Gasteiger partial charge in [0.2, 0.25) is 0 Å². The quantitative estimate of drug-likeness (QED) is 0.751. The highest BCUT2D eigenvalue weighted by Gasteiger charge is 2.15. The van der Waals surface area contributed by atoms with Crippen LogP contribution in [0.25, 0.3) is 10.6 Å². The Hall–Kier alpha value is -1.49. The van der Waals surface area contributed by atoms with Crippen LogP contribution in [0.4, 0.5) is 0 Å². The van der Waals surface area contributed by atoms with E-state index < -0.39 is 0 Å². The molecule has 84 valence electrons. The van der Waals surface area contributed by atoms with Crippen LogP contribution in [-0.2, 0) is 7.05 Å². The zero-order chi connectivity index (χ0) is 11.9. The molecule has 16 heavy (non-hydrogen) atoms. The summed E-state index contributed by atoms with van der Waals surface area (Å²) in [6.45, 7) is 5.38. The standard InChI is InChI=1S/C11H13N3OS/c1-6-9(5-14(4)13-6)11-12-7(2)10(16-11)8(3)15/h5H,1-4H3. The molecule has 0 amide bonds. The Morgan fingerprint density at radius 1 is 1.38 bits per heavy atom. The summed E-state index contributed by atoms with van der Waals surface area (Å²) in [4.78, 5) is 16.5. The van der Waals surface area contributed by atoms with Crippen LogP contribution in [0.2, 0.25) is 0 Å². The molecule has 0 N–H and O–H groups in total. The number of hydrogen-bond donors (Lipinski definition) is 0. The van der Waals surface area contributed by atoms with Gasteiger partial charge < -0.3 is 0 Å². The van der Waals surface area contributed by atoms with E-state index in [0.29, 0.717) is 0 Å². The maximum absolute atomic E-state index is 11.4. The molecular formula is C11H13N3OS. The highest BCUT2D eigenvalue weighted by atomic mass is 32.1. The first kappa shape index (κ1) is 11.0. The number of Topliss-reactive ketones (excluding diaryl/α,β-unsaturated/α-hetero) is 1. The van der Waals surface area contributed by atoms with Gasteiger partial charge in [0.15, 0.2) is 5.78 Å². The van der Waals surface area contributed by atoms with Crippen LogP contribution in [0.3, 0.4) is 0 Å². The molecule has 4 nitrogen and oxygen atoms in total. The Morgan fingerprint density at radius 2 is 2.06 bits per heavy atom. The molecule has 0 aliphatic rings. The number of ketones is 1. The first-order valence-corrected chi connectivity index (χ1v) is 5.79. The molecule has 0 saturated heterocycles. The number of aromatic nitrogens is 3. The van der Waals surface area contributed by atoms with Gasteiger partial charge in [-0.05, 0) is 13.8 Å². The number of carbonyl (C=O) groups is 1. The summed E-state index contributed by atoms with van der Waals surface area (Å²) in [5.74, 6) is 0.0720. The van der Waals surface area contributed by atoms with Gasteiger partial charge in [0.1, 0.15) is 5.01 Å². The fourth-order valence-electron chi connectivity index (χ4n) is 1.65. The molecule has 0 unspecified atom stereocenters. The lowest BCUT2D eigenvalue weighted by Crippen LogP contribution is -1.89. The van der Waals surface area contributed by atoms with Gasteiger partial charge in [0.05, 0.1) is 21.8 Å². The molecule has 2 aromatic heterocycles. The van der Waals surface area contributed by atoms with Crippen molar-refractivity contribution in [3.05, 3.63) is 22.5 Å². The van der Waals surface area contributed by atoms with Crippen molar-refractivity contribution >= 4 is 17.1 Å². The van der Waals surface area contributed by atoms with Crippen molar-refractivity contribution in [2.75, 3.05) is 0 Å². The number of rotatable bonds is 2. The molecule has 0 radical (unpaired) electrons. The Morgan fingerprint density at radius 3 is 2.50 bits per heavy atom. The molecule has 0 spiro atoms. The Balaban J connectivity index is 2.53. The first-order chi connectivity index (χ1) is 7.49. The third-order valence-electron chi connectivity index (χ3n) is 2.36. The molecule has 0 fully saturated rings. The molecule has 5 heteroatoms. The lowest BCUT2D eigenvalue weighted by Gasteiger charge is -1.89. The van der Waals surface area contributed by atoms with Gasteiger partial charge in [-0.3, -0.25) is 9.48 Å².